The van der Waals surface area contributed by atoms with Crippen molar-refractivity contribution in [3.8, 4) is 11.5 Å². The fourth-order valence-corrected chi connectivity index (χ4v) is 2.07. The molecule has 0 saturated heterocycles. The van der Waals surface area contributed by atoms with E-state index >= 15 is 0 Å². The number of hydrogen-bond donors (Lipinski definition) is 1. The fraction of sp³-hybridized carbons (Fsp3) is 0.125. The molecule has 20 heavy (non-hydrogen) atoms. The monoisotopic (exact) mass is 265 g/mol. The number of aromatic nitrogens is 2. The molecular formula is C16H15N3O. The van der Waals surface area contributed by atoms with Gasteiger partial charge in [0.05, 0.1) is 6.20 Å². The van der Waals surface area contributed by atoms with Crippen LogP contribution in [0.3, 0.4) is 0 Å². The molecule has 2 aromatic heterocycles. The Morgan fingerprint density at radius 1 is 0.900 bits per heavy atom. The lowest BCUT2D eigenvalue weighted by Gasteiger charge is -2.10. The molecule has 1 aromatic carbocycles. The van der Waals surface area contributed by atoms with Gasteiger partial charge in [0, 0.05) is 34.0 Å². The Hall–Kier alpha value is -2.62. The van der Waals surface area contributed by atoms with Crippen LogP contribution in [-0.4, -0.2) is 9.97 Å². The Balaban J connectivity index is 2.09. The molecule has 0 amide bonds. The first-order valence-electron chi connectivity index (χ1n) is 6.39. The molecule has 2 heterocycles. The molecule has 0 radical (unpaired) electrons. The molecule has 4 nitrogen and oxygen atoms in total. The number of aryl methyl sites for hydroxylation is 2. The van der Waals surface area contributed by atoms with E-state index in [0.717, 1.165) is 27.9 Å². The normalized spacial score (nSPS) is 10.7. The molecule has 100 valence electrons. The summed E-state index contributed by atoms with van der Waals surface area (Å²) in [5.41, 5.74) is 8.56. The van der Waals surface area contributed by atoms with Crippen LogP contribution >= 0.6 is 0 Å². The lowest BCUT2D eigenvalue weighted by Crippen LogP contribution is -1.93. The van der Waals surface area contributed by atoms with Gasteiger partial charge in [-0.2, -0.15) is 0 Å². The first-order valence-corrected chi connectivity index (χ1v) is 6.39. The lowest BCUT2D eigenvalue weighted by atomic mass is 10.1. The number of nitrogen functional groups attached to an aromatic ring is 1. The number of pyridine rings is 2. The second kappa shape index (κ2) is 4.81. The van der Waals surface area contributed by atoms with Crippen LogP contribution in [0.15, 0.2) is 42.7 Å². The zero-order valence-electron chi connectivity index (χ0n) is 11.4. The van der Waals surface area contributed by atoms with Crippen LogP contribution in [0.2, 0.25) is 0 Å². The summed E-state index contributed by atoms with van der Waals surface area (Å²) in [5.74, 6) is 1.46. The summed E-state index contributed by atoms with van der Waals surface area (Å²) in [5, 5.41) is 1.85. The Kier molecular flexibility index (Phi) is 2.99. The number of ether oxygens (including phenoxy) is 1. The second-order valence-corrected chi connectivity index (χ2v) is 4.76. The highest BCUT2D eigenvalue weighted by Crippen LogP contribution is 2.33. The third kappa shape index (κ3) is 2.28. The van der Waals surface area contributed by atoms with E-state index in [-0.39, 0.29) is 0 Å². The van der Waals surface area contributed by atoms with E-state index in [1.807, 2.05) is 44.2 Å². The van der Waals surface area contributed by atoms with Gasteiger partial charge < -0.3 is 10.5 Å². The highest BCUT2D eigenvalue weighted by atomic mass is 16.5. The van der Waals surface area contributed by atoms with Crippen molar-refractivity contribution in [2.75, 3.05) is 5.73 Å². The van der Waals surface area contributed by atoms with Gasteiger partial charge in [-0.25, -0.2) is 0 Å². The van der Waals surface area contributed by atoms with Gasteiger partial charge in [-0.1, -0.05) is 0 Å². The Bertz CT molecular complexity index is 767. The molecule has 0 spiro atoms. The van der Waals surface area contributed by atoms with Crippen LogP contribution in [-0.2, 0) is 0 Å². The number of nitrogens with zero attached hydrogens (tertiary/aromatic N) is 2. The number of hydrogen-bond acceptors (Lipinski definition) is 4. The zero-order chi connectivity index (χ0) is 14.1. The number of rotatable bonds is 2. The van der Waals surface area contributed by atoms with Crippen LogP contribution in [0.4, 0.5) is 5.69 Å². The predicted octanol–water partition coefficient (Wildman–Crippen LogP) is 3.62. The first kappa shape index (κ1) is 12.4. The van der Waals surface area contributed by atoms with E-state index in [2.05, 4.69) is 9.97 Å². The van der Waals surface area contributed by atoms with E-state index in [4.69, 9.17) is 10.5 Å². The molecule has 2 N–H and O–H groups in total. The lowest BCUT2D eigenvalue weighted by molar-refractivity contribution is 0.485. The largest absolute Gasteiger partial charge is 0.455 e. The van der Waals surface area contributed by atoms with Gasteiger partial charge in [-0.3, -0.25) is 9.97 Å². The summed E-state index contributed by atoms with van der Waals surface area (Å²) in [4.78, 5) is 8.51. The molecule has 3 rings (SSSR count). The van der Waals surface area contributed by atoms with Crippen LogP contribution in [0.1, 0.15) is 11.4 Å². The standard InChI is InChI=1S/C16H15N3O/c1-10-3-4-12(8-18-10)20-16-6-5-15(17)14-9-19-11(2)7-13(14)16/h3-9H,17H2,1-2H3. The Labute approximate surface area is 117 Å². The molecule has 0 saturated carbocycles. The van der Waals surface area contributed by atoms with Crippen molar-refractivity contribution in [3.63, 3.8) is 0 Å². The summed E-state index contributed by atoms with van der Waals surface area (Å²) in [6, 6.07) is 9.50. The summed E-state index contributed by atoms with van der Waals surface area (Å²) in [7, 11) is 0. The molecular weight excluding hydrogens is 250 g/mol. The smallest absolute Gasteiger partial charge is 0.145 e. The van der Waals surface area contributed by atoms with E-state index < -0.39 is 0 Å². The van der Waals surface area contributed by atoms with Gasteiger partial charge in [0.15, 0.2) is 0 Å². The van der Waals surface area contributed by atoms with Gasteiger partial charge in [-0.15, -0.1) is 0 Å². The van der Waals surface area contributed by atoms with Crippen molar-refractivity contribution in [1.82, 2.24) is 9.97 Å². The van der Waals surface area contributed by atoms with Gasteiger partial charge in [0.25, 0.3) is 0 Å². The summed E-state index contributed by atoms with van der Waals surface area (Å²) >= 11 is 0. The van der Waals surface area contributed by atoms with Crippen LogP contribution in [0, 0.1) is 13.8 Å². The predicted molar refractivity (Wildman–Crippen MR) is 79.9 cm³/mol. The molecule has 0 aliphatic heterocycles. The van der Waals surface area contributed by atoms with Crippen LogP contribution in [0.25, 0.3) is 10.8 Å². The quantitative estimate of drug-likeness (QED) is 0.719. The minimum absolute atomic E-state index is 0.696. The van der Waals surface area contributed by atoms with Crippen molar-refractivity contribution in [2.45, 2.75) is 13.8 Å². The van der Waals surface area contributed by atoms with Crippen molar-refractivity contribution in [1.29, 1.82) is 0 Å². The van der Waals surface area contributed by atoms with Gasteiger partial charge in [0.2, 0.25) is 0 Å². The first-order chi connectivity index (χ1) is 9.63. The van der Waals surface area contributed by atoms with E-state index in [9.17, 15) is 0 Å². The fourth-order valence-electron chi connectivity index (χ4n) is 2.07. The molecule has 4 heteroatoms. The number of nitrogens with two attached hydrogens (primary N) is 1. The van der Waals surface area contributed by atoms with E-state index in [1.165, 1.54) is 0 Å². The maximum Gasteiger partial charge on any atom is 0.145 e. The molecule has 0 aliphatic rings. The van der Waals surface area contributed by atoms with Gasteiger partial charge >= 0.3 is 0 Å². The molecule has 0 fully saturated rings. The van der Waals surface area contributed by atoms with Crippen molar-refractivity contribution >= 4 is 16.5 Å². The van der Waals surface area contributed by atoms with Crippen LogP contribution in [0.5, 0.6) is 11.5 Å². The summed E-state index contributed by atoms with van der Waals surface area (Å²) in [6.45, 7) is 3.89. The summed E-state index contributed by atoms with van der Waals surface area (Å²) < 4.78 is 5.91. The topological polar surface area (TPSA) is 61.0 Å². The maximum atomic E-state index is 5.98. The third-order valence-electron chi connectivity index (χ3n) is 3.14. The molecule has 0 bridgehead atoms. The molecule has 3 aromatic rings. The average Bonchev–Trinajstić information content (AvgIpc) is 2.44. The second-order valence-electron chi connectivity index (χ2n) is 4.76. The van der Waals surface area contributed by atoms with Crippen molar-refractivity contribution in [2.24, 2.45) is 0 Å². The maximum absolute atomic E-state index is 5.98. The molecule has 0 atom stereocenters. The number of benzene rings is 1. The zero-order valence-corrected chi connectivity index (χ0v) is 11.4. The van der Waals surface area contributed by atoms with Gasteiger partial charge in [0.1, 0.15) is 11.5 Å². The SMILES string of the molecule is Cc1ccc(Oc2ccc(N)c3cnc(C)cc23)cn1. The minimum Gasteiger partial charge on any atom is -0.455 e. The van der Waals surface area contributed by atoms with Crippen molar-refractivity contribution < 1.29 is 4.74 Å². The molecule has 0 unspecified atom stereocenters. The van der Waals surface area contributed by atoms with Gasteiger partial charge in [-0.05, 0) is 44.2 Å². The average molecular weight is 265 g/mol. The Morgan fingerprint density at radius 2 is 1.70 bits per heavy atom. The third-order valence-corrected chi connectivity index (χ3v) is 3.14. The number of fused-ring (bicyclic) bond motifs is 1. The van der Waals surface area contributed by atoms with E-state index in [0.29, 0.717) is 11.4 Å². The van der Waals surface area contributed by atoms with Crippen molar-refractivity contribution in [3.05, 3.63) is 54.1 Å². The highest BCUT2D eigenvalue weighted by Gasteiger charge is 2.07. The Morgan fingerprint density at radius 3 is 2.45 bits per heavy atom. The van der Waals surface area contributed by atoms with E-state index in [1.54, 1.807) is 12.4 Å². The van der Waals surface area contributed by atoms with Crippen LogP contribution < -0.4 is 10.5 Å². The summed E-state index contributed by atoms with van der Waals surface area (Å²) in [6.07, 6.45) is 3.49. The highest BCUT2D eigenvalue weighted by molar-refractivity contribution is 5.96. The molecule has 0 aliphatic carbocycles. The number of anilines is 1. The minimum atomic E-state index is 0.696.